The zero-order chi connectivity index (χ0) is 15.7. The summed E-state index contributed by atoms with van der Waals surface area (Å²) >= 11 is 0. The molecular formula is C15H19N5O2. The summed E-state index contributed by atoms with van der Waals surface area (Å²) in [5.41, 5.74) is 2.95. The van der Waals surface area contributed by atoms with Gasteiger partial charge in [0.1, 0.15) is 5.69 Å². The maximum absolute atomic E-state index is 11.2. The summed E-state index contributed by atoms with van der Waals surface area (Å²) in [5.74, 6) is 0.461. The topological polar surface area (TPSA) is 85.0 Å². The van der Waals surface area contributed by atoms with Crippen molar-refractivity contribution in [3.63, 3.8) is 0 Å². The van der Waals surface area contributed by atoms with E-state index in [9.17, 15) is 10.1 Å². The van der Waals surface area contributed by atoms with Crippen molar-refractivity contribution in [2.75, 3.05) is 17.2 Å². The van der Waals surface area contributed by atoms with E-state index in [2.05, 4.69) is 27.9 Å². The lowest BCUT2D eigenvalue weighted by Crippen LogP contribution is -2.32. The van der Waals surface area contributed by atoms with Gasteiger partial charge in [-0.05, 0) is 31.4 Å². The number of nitrogens with one attached hydrogen (secondary N) is 2. The number of aromatic nitrogens is 2. The Morgan fingerprint density at radius 1 is 1.50 bits per heavy atom. The van der Waals surface area contributed by atoms with E-state index in [4.69, 9.17) is 0 Å². The third kappa shape index (κ3) is 2.61. The SMILES string of the molecule is Cc1nn(C)c(NCC2CCc3ccccc3N2)c1[N+](=O)[O-]. The standard InChI is InChI=1S/C15H19N5O2/c1-10-14(20(21)22)15(19(2)18-10)16-9-12-8-7-11-5-3-4-6-13(11)17-12/h3-6,12,16-17H,7-9H2,1-2H3. The molecule has 1 aromatic heterocycles. The maximum atomic E-state index is 11.2. The van der Waals surface area contributed by atoms with Crippen LogP contribution in [0.3, 0.4) is 0 Å². The zero-order valence-corrected chi connectivity index (χ0v) is 12.7. The van der Waals surface area contributed by atoms with Gasteiger partial charge in [0.2, 0.25) is 5.82 Å². The van der Waals surface area contributed by atoms with Crippen molar-refractivity contribution >= 4 is 17.2 Å². The second-order valence-electron chi connectivity index (χ2n) is 5.58. The van der Waals surface area contributed by atoms with Gasteiger partial charge in [-0.15, -0.1) is 0 Å². The first-order valence-electron chi connectivity index (χ1n) is 7.32. The van der Waals surface area contributed by atoms with E-state index in [1.54, 1.807) is 14.0 Å². The number of nitro groups is 1. The van der Waals surface area contributed by atoms with Gasteiger partial charge in [-0.25, -0.2) is 4.68 Å². The fraction of sp³-hybridized carbons (Fsp3) is 0.400. The van der Waals surface area contributed by atoms with E-state index >= 15 is 0 Å². The van der Waals surface area contributed by atoms with Gasteiger partial charge in [0, 0.05) is 25.3 Å². The molecule has 2 heterocycles. The number of aryl methyl sites for hydroxylation is 3. The highest BCUT2D eigenvalue weighted by molar-refractivity contribution is 5.60. The van der Waals surface area contributed by atoms with E-state index in [1.807, 2.05) is 12.1 Å². The summed E-state index contributed by atoms with van der Waals surface area (Å²) in [6.07, 6.45) is 2.01. The molecule has 0 spiro atoms. The highest BCUT2D eigenvalue weighted by Gasteiger charge is 2.25. The van der Waals surface area contributed by atoms with Crippen molar-refractivity contribution in [3.05, 3.63) is 45.6 Å². The van der Waals surface area contributed by atoms with Crippen LogP contribution in [0.2, 0.25) is 0 Å². The molecule has 22 heavy (non-hydrogen) atoms. The smallest absolute Gasteiger partial charge is 0.333 e. The predicted molar refractivity (Wildman–Crippen MR) is 85.3 cm³/mol. The Labute approximate surface area is 128 Å². The van der Waals surface area contributed by atoms with Crippen LogP contribution >= 0.6 is 0 Å². The van der Waals surface area contributed by atoms with Crippen LogP contribution in [0.5, 0.6) is 0 Å². The second-order valence-corrected chi connectivity index (χ2v) is 5.58. The molecule has 7 nitrogen and oxygen atoms in total. The van der Waals surface area contributed by atoms with Gasteiger partial charge in [-0.1, -0.05) is 18.2 Å². The van der Waals surface area contributed by atoms with Crippen LogP contribution in [0.1, 0.15) is 17.7 Å². The molecule has 116 valence electrons. The summed E-state index contributed by atoms with van der Waals surface area (Å²) < 4.78 is 1.53. The molecule has 0 saturated heterocycles. The molecule has 3 rings (SSSR count). The fourth-order valence-corrected chi connectivity index (χ4v) is 2.94. The minimum Gasteiger partial charge on any atom is -0.380 e. The average molecular weight is 301 g/mol. The van der Waals surface area contributed by atoms with Gasteiger partial charge in [-0.2, -0.15) is 5.10 Å². The summed E-state index contributed by atoms with van der Waals surface area (Å²) in [7, 11) is 1.71. The van der Waals surface area contributed by atoms with Gasteiger partial charge in [0.25, 0.3) is 0 Å². The molecule has 2 N–H and O–H groups in total. The van der Waals surface area contributed by atoms with Crippen LogP contribution in [0.4, 0.5) is 17.2 Å². The molecule has 2 aromatic rings. The molecule has 0 aliphatic carbocycles. The first-order valence-corrected chi connectivity index (χ1v) is 7.32. The number of hydrogen-bond donors (Lipinski definition) is 2. The summed E-state index contributed by atoms with van der Waals surface area (Å²) in [5, 5.41) is 22.0. The summed E-state index contributed by atoms with van der Waals surface area (Å²) in [4.78, 5) is 10.8. The summed E-state index contributed by atoms with van der Waals surface area (Å²) in [6.45, 7) is 2.27. The molecule has 1 aliphatic heterocycles. The monoisotopic (exact) mass is 301 g/mol. The number of para-hydroxylation sites is 1. The predicted octanol–water partition coefficient (Wildman–Crippen LogP) is 2.48. The van der Waals surface area contributed by atoms with Gasteiger partial charge in [-0.3, -0.25) is 10.1 Å². The Bertz CT molecular complexity index is 710. The molecule has 0 bridgehead atoms. The van der Waals surface area contributed by atoms with Crippen molar-refractivity contribution in [1.29, 1.82) is 0 Å². The lowest BCUT2D eigenvalue weighted by atomic mass is 9.98. The van der Waals surface area contributed by atoms with Crippen LogP contribution in [0, 0.1) is 17.0 Å². The maximum Gasteiger partial charge on any atom is 0.333 e. The number of fused-ring (bicyclic) bond motifs is 1. The van der Waals surface area contributed by atoms with Crippen LogP contribution in [0.25, 0.3) is 0 Å². The normalized spacial score (nSPS) is 16.7. The minimum atomic E-state index is -0.381. The minimum absolute atomic E-state index is 0.0544. The van der Waals surface area contributed by atoms with Crippen LogP contribution < -0.4 is 10.6 Å². The molecule has 1 unspecified atom stereocenters. The van der Waals surface area contributed by atoms with E-state index in [0.717, 1.165) is 18.5 Å². The fourth-order valence-electron chi connectivity index (χ4n) is 2.94. The van der Waals surface area contributed by atoms with E-state index < -0.39 is 0 Å². The largest absolute Gasteiger partial charge is 0.380 e. The molecule has 1 aliphatic rings. The Morgan fingerprint density at radius 3 is 3.05 bits per heavy atom. The van der Waals surface area contributed by atoms with Gasteiger partial charge >= 0.3 is 5.69 Å². The van der Waals surface area contributed by atoms with Crippen LogP contribution in [-0.2, 0) is 13.5 Å². The van der Waals surface area contributed by atoms with Crippen molar-refractivity contribution in [2.45, 2.75) is 25.8 Å². The first kappa shape index (κ1) is 14.4. The Kier molecular flexibility index (Phi) is 3.70. The van der Waals surface area contributed by atoms with Gasteiger partial charge in [0.15, 0.2) is 0 Å². The Hall–Kier alpha value is -2.57. The third-order valence-electron chi connectivity index (χ3n) is 4.03. The number of anilines is 2. The molecule has 0 amide bonds. The Morgan fingerprint density at radius 2 is 2.27 bits per heavy atom. The van der Waals surface area contributed by atoms with Gasteiger partial charge in [0.05, 0.1) is 4.92 Å². The quantitative estimate of drug-likeness (QED) is 0.669. The average Bonchev–Trinajstić information content (AvgIpc) is 2.78. The molecule has 1 atom stereocenters. The molecule has 0 fully saturated rings. The lowest BCUT2D eigenvalue weighted by Gasteiger charge is -2.27. The Balaban J connectivity index is 1.71. The zero-order valence-electron chi connectivity index (χ0n) is 12.7. The number of nitrogens with zero attached hydrogens (tertiary/aromatic N) is 3. The summed E-state index contributed by atoms with van der Waals surface area (Å²) in [6, 6.07) is 8.49. The van der Waals surface area contributed by atoms with Crippen LogP contribution in [0.15, 0.2) is 24.3 Å². The number of rotatable bonds is 4. The van der Waals surface area contributed by atoms with Crippen molar-refractivity contribution in [1.82, 2.24) is 9.78 Å². The second kappa shape index (κ2) is 5.67. The number of benzene rings is 1. The van der Waals surface area contributed by atoms with E-state index in [-0.39, 0.29) is 16.7 Å². The van der Waals surface area contributed by atoms with Crippen molar-refractivity contribution in [3.8, 4) is 0 Å². The molecule has 1 aromatic carbocycles. The lowest BCUT2D eigenvalue weighted by molar-refractivity contribution is -0.384. The van der Waals surface area contributed by atoms with Crippen molar-refractivity contribution < 1.29 is 4.92 Å². The van der Waals surface area contributed by atoms with Crippen LogP contribution in [-0.4, -0.2) is 27.3 Å². The first-order chi connectivity index (χ1) is 10.6. The molecule has 7 heteroatoms. The van der Waals surface area contributed by atoms with Gasteiger partial charge < -0.3 is 10.6 Å². The molecular weight excluding hydrogens is 282 g/mol. The van der Waals surface area contributed by atoms with E-state index in [0.29, 0.717) is 18.1 Å². The number of hydrogen-bond acceptors (Lipinski definition) is 5. The highest BCUT2D eigenvalue weighted by Crippen LogP contribution is 2.28. The molecule has 0 saturated carbocycles. The highest BCUT2D eigenvalue weighted by atomic mass is 16.6. The van der Waals surface area contributed by atoms with Crippen molar-refractivity contribution in [2.24, 2.45) is 7.05 Å². The van der Waals surface area contributed by atoms with E-state index in [1.165, 1.54) is 10.2 Å². The third-order valence-corrected chi connectivity index (χ3v) is 4.03. The molecule has 0 radical (unpaired) electrons.